The normalized spacial score (nSPS) is 26.0. The minimum atomic E-state index is -1.12. The van der Waals surface area contributed by atoms with E-state index in [9.17, 15) is 0 Å². The highest BCUT2D eigenvalue weighted by Gasteiger charge is 2.53. The Morgan fingerprint density at radius 2 is 1.03 bits per heavy atom. The second-order valence-electron chi connectivity index (χ2n) is 9.47. The Labute approximate surface area is 179 Å². The summed E-state index contributed by atoms with van der Waals surface area (Å²) in [6.07, 6.45) is 15.2. The zero-order chi connectivity index (χ0) is 20.9. The maximum atomic E-state index is 2.65. The fourth-order valence-corrected chi connectivity index (χ4v) is 8.82. The number of rotatable bonds is 6. The molecule has 0 heterocycles. The average molecular weight is 405 g/mol. The summed E-state index contributed by atoms with van der Waals surface area (Å²) in [7, 11) is -1.12. The van der Waals surface area contributed by atoms with Crippen molar-refractivity contribution < 1.29 is 0 Å². The van der Waals surface area contributed by atoms with Gasteiger partial charge in [0.1, 0.15) is 0 Å². The lowest BCUT2D eigenvalue weighted by atomic mass is 9.99. The van der Waals surface area contributed by atoms with Gasteiger partial charge >= 0.3 is 0 Å². The van der Waals surface area contributed by atoms with Gasteiger partial charge in [0.25, 0.3) is 0 Å². The van der Waals surface area contributed by atoms with Crippen LogP contribution < -0.4 is 0 Å². The Bertz CT molecular complexity index is 913. The van der Waals surface area contributed by atoms with Crippen LogP contribution in [0.2, 0.25) is 0 Å². The minimum absolute atomic E-state index is 0.0775. The van der Waals surface area contributed by atoms with E-state index in [1.807, 2.05) is 0 Å². The third kappa shape index (κ3) is 2.81. The Kier molecular flexibility index (Phi) is 5.10. The molecule has 2 aliphatic rings. The van der Waals surface area contributed by atoms with E-state index in [1.165, 1.54) is 36.8 Å². The molecule has 0 spiro atoms. The van der Waals surface area contributed by atoms with Crippen molar-refractivity contribution in [3.05, 3.63) is 82.9 Å². The molecule has 4 rings (SSSR count). The highest BCUT2D eigenvalue weighted by atomic mass is 32.3. The second kappa shape index (κ2) is 7.20. The fourth-order valence-electron chi connectivity index (χ4n) is 5.61. The molecule has 0 amide bonds. The van der Waals surface area contributed by atoms with Gasteiger partial charge in [0.15, 0.2) is 0 Å². The molecule has 0 saturated heterocycles. The van der Waals surface area contributed by atoms with Crippen molar-refractivity contribution in [1.82, 2.24) is 0 Å². The largest absolute Gasteiger partial charge is 0.221 e. The number of benzene rings is 2. The lowest BCUT2D eigenvalue weighted by Gasteiger charge is -2.56. The molecule has 0 bridgehead atoms. The van der Waals surface area contributed by atoms with Gasteiger partial charge in [-0.3, -0.25) is 0 Å². The summed E-state index contributed by atoms with van der Waals surface area (Å²) >= 11 is 0. The van der Waals surface area contributed by atoms with Crippen LogP contribution in [0.5, 0.6) is 0 Å². The number of hydrogen-bond acceptors (Lipinski definition) is 0. The van der Waals surface area contributed by atoms with Crippen molar-refractivity contribution in [2.45, 2.75) is 62.9 Å². The molecular weight excluding hydrogens is 368 g/mol. The Hall–Kier alpha value is -1.73. The molecule has 0 aromatic heterocycles. The van der Waals surface area contributed by atoms with Gasteiger partial charge in [-0.2, -0.15) is 0 Å². The van der Waals surface area contributed by atoms with E-state index in [2.05, 4.69) is 101 Å². The smallest absolute Gasteiger partial charge is 0.0423 e. The summed E-state index contributed by atoms with van der Waals surface area (Å²) in [5.41, 5.74) is 9.17. The van der Waals surface area contributed by atoms with Crippen LogP contribution in [0.4, 0.5) is 0 Å². The van der Waals surface area contributed by atoms with Crippen LogP contribution in [0.15, 0.2) is 60.7 Å². The lowest BCUT2D eigenvalue weighted by molar-refractivity contribution is 0.800. The highest BCUT2D eigenvalue weighted by Crippen LogP contribution is 2.75. The number of hydrogen-bond donors (Lipinski definition) is 0. The molecule has 0 radical (unpaired) electrons. The van der Waals surface area contributed by atoms with Crippen LogP contribution in [0, 0.1) is 0 Å². The molecule has 0 saturated carbocycles. The lowest BCUT2D eigenvalue weighted by Crippen LogP contribution is -2.37. The summed E-state index contributed by atoms with van der Waals surface area (Å²) in [5.74, 6) is 0. The third-order valence-corrected chi connectivity index (χ3v) is 12.6. The molecule has 0 N–H and O–H groups in total. The van der Waals surface area contributed by atoms with E-state index in [-0.39, 0.29) is 9.49 Å². The molecular formula is C28H36S. The zero-order valence-electron chi connectivity index (χ0n) is 19.0. The van der Waals surface area contributed by atoms with Crippen molar-refractivity contribution in [2.75, 3.05) is 12.5 Å². The van der Waals surface area contributed by atoms with Crippen LogP contribution in [0.1, 0.15) is 75.6 Å². The summed E-state index contributed by atoms with van der Waals surface area (Å²) in [4.78, 5) is 0. The standard InChI is InChI=1S/C28H36S/c1-7-13-21-19-27(3,25-17-11-9-15-23(21)25)29(5,6)28(4)20-22(14-8-2)24-16-10-12-18-26(24)28/h9-12,15-20H,7-8,13-14H2,1-6H3. The summed E-state index contributed by atoms with van der Waals surface area (Å²) < 4.78 is 0.155. The second-order valence-corrected chi connectivity index (χ2v) is 13.8. The average Bonchev–Trinajstić information content (AvgIpc) is 3.18. The summed E-state index contributed by atoms with van der Waals surface area (Å²) in [6.45, 7) is 9.63. The van der Waals surface area contributed by atoms with Gasteiger partial charge < -0.3 is 0 Å². The summed E-state index contributed by atoms with van der Waals surface area (Å²) in [5, 5.41) is 0. The maximum absolute atomic E-state index is 2.65. The van der Waals surface area contributed by atoms with Gasteiger partial charge in [0, 0.05) is 9.49 Å². The van der Waals surface area contributed by atoms with Gasteiger partial charge in [-0.15, -0.1) is 0 Å². The van der Waals surface area contributed by atoms with Crippen LogP contribution >= 0.6 is 10.0 Å². The topological polar surface area (TPSA) is 0 Å². The Morgan fingerprint density at radius 1 is 0.655 bits per heavy atom. The van der Waals surface area contributed by atoms with Crippen molar-refractivity contribution >= 4 is 21.2 Å². The first-order valence-electron chi connectivity index (χ1n) is 11.2. The molecule has 2 atom stereocenters. The molecule has 0 nitrogen and oxygen atoms in total. The molecule has 2 unspecified atom stereocenters. The van der Waals surface area contributed by atoms with Crippen LogP contribution in [0.3, 0.4) is 0 Å². The number of fused-ring (bicyclic) bond motifs is 2. The van der Waals surface area contributed by atoms with Crippen LogP contribution in [-0.4, -0.2) is 12.5 Å². The predicted octanol–water partition coefficient (Wildman–Crippen LogP) is 8.28. The van der Waals surface area contributed by atoms with Crippen molar-refractivity contribution in [3.8, 4) is 0 Å². The molecule has 2 aromatic rings. The van der Waals surface area contributed by atoms with Crippen molar-refractivity contribution in [3.63, 3.8) is 0 Å². The first kappa shape index (κ1) is 20.5. The molecule has 2 aromatic carbocycles. The van der Waals surface area contributed by atoms with E-state index in [0.717, 1.165) is 0 Å². The Morgan fingerprint density at radius 3 is 1.41 bits per heavy atom. The SMILES string of the molecule is CCCC1=CC(C)(S(C)(C)C2(C)C=C(CCC)c3ccccc32)c2ccccc21. The Balaban J connectivity index is 1.91. The quantitative estimate of drug-likeness (QED) is 0.454. The van der Waals surface area contributed by atoms with Crippen molar-refractivity contribution in [1.29, 1.82) is 0 Å². The van der Waals surface area contributed by atoms with Crippen LogP contribution in [-0.2, 0) is 9.49 Å². The fraction of sp³-hybridized carbons (Fsp3) is 0.429. The summed E-state index contributed by atoms with van der Waals surface area (Å²) in [6, 6.07) is 18.4. The molecule has 154 valence electrons. The van der Waals surface area contributed by atoms with Crippen LogP contribution in [0.25, 0.3) is 11.1 Å². The first-order valence-corrected chi connectivity index (χ1v) is 13.6. The molecule has 2 aliphatic carbocycles. The molecule has 0 aliphatic heterocycles. The van der Waals surface area contributed by atoms with Gasteiger partial charge in [0.05, 0.1) is 0 Å². The molecule has 29 heavy (non-hydrogen) atoms. The van der Waals surface area contributed by atoms with Gasteiger partial charge in [-0.25, -0.2) is 10.0 Å². The zero-order valence-corrected chi connectivity index (χ0v) is 19.8. The van der Waals surface area contributed by atoms with E-state index >= 15 is 0 Å². The van der Waals surface area contributed by atoms with E-state index in [1.54, 1.807) is 22.3 Å². The van der Waals surface area contributed by atoms with E-state index in [0.29, 0.717) is 0 Å². The molecule has 0 fully saturated rings. The van der Waals surface area contributed by atoms with Gasteiger partial charge in [-0.05, 0) is 72.6 Å². The van der Waals surface area contributed by atoms with Crippen molar-refractivity contribution in [2.24, 2.45) is 0 Å². The monoisotopic (exact) mass is 404 g/mol. The van der Waals surface area contributed by atoms with E-state index in [4.69, 9.17) is 0 Å². The van der Waals surface area contributed by atoms with Gasteiger partial charge in [-0.1, -0.05) is 87.4 Å². The van der Waals surface area contributed by atoms with E-state index < -0.39 is 10.0 Å². The highest BCUT2D eigenvalue weighted by molar-refractivity contribution is 8.34. The first-order chi connectivity index (χ1) is 13.8. The number of allylic oxidation sites excluding steroid dienone is 2. The molecule has 1 heteroatoms. The van der Waals surface area contributed by atoms with Gasteiger partial charge in [0.2, 0.25) is 0 Å². The maximum Gasteiger partial charge on any atom is 0.0423 e. The third-order valence-electron chi connectivity index (χ3n) is 7.67. The minimum Gasteiger partial charge on any atom is -0.221 e. The predicted molar refractivity (Wildman–Crippen MR) is 133 cm³/mol.